The van der Waals surface area contributed by atoms with Crippen molar-refractivity contribution in [2.45, 2.75) is 51.4 Å². The maximum Gasteiger partial charge on any atom is 0.421 e. The predicted octanol–water partition coefficient (Wildman–Crippen LogP) is 5.37. The van der Waals surface area contributed by atoms with Crippen molar-refractivity contribution in [3.63, 3.8) is 0 Å². The third-order valence-corrected chi connectivity index (χ3v) is 4.72. The predicted molar refractivity (Wildman–Crippen MR) is 103 cm³/mol. The molecule has 0 aliphatic carbocycles. The van der Waals surface area contributed by atoms with Crippen LogP contribution >= 0.6 is 23.2 Å². The van der Waals surface area contributed by atoms with Gasteiger partial charge in [0.25, 0.3) is 0 Å². The van der Waals surface area contributed by atoms with E-state index in [1.807, 2.05) is 20.8 Å². The first-order valence-corrected chi connectivity index (χ1v) is 9.18. The quantitative estimate of drug-likeness (QED) is 0.580. The molecule has 160 valence electrons. The fourth-order valence-corrected chi connectivity index (χ4v) is 2.80. The van der Waals surface area contributed by atoms with Gasteiger partial charge in [-0.15, -0.1) is 0 Å². The minimum atomic E-state index is -4.94. The van der Waals surface area contributed by atoms with Gasteiger partial charge in [0.2, 0.25) is 0 Å². The molecule has 0 saturated heterocycles. The van der Waals surface area contributed by atoms with Gasteiger partial charge in [0.15, 0.2) is 5.60 Å². The van der Waals surface area contributed by atoms with E-state index in [0.29, 0.717) is 18.4 Å². The number of amides is 2. The summed E-state index contributed by atoms with van der Waals surface area (Å²) >= 11 is 11.9. The van der Waals surface area contributed by atoms with E-state index in [-0.39, 0.29) is 27.7 Å². The van der Waals surface area contributed by atoms with E-state index in [4.69, 9.17) is 27.7 Å². The van der Waals surface area contributed by atoms with E-state index in [9.17, 15) is 23.1 Å². The minimum absolute atomic E-state index is 0.0432. The second-order valence-corrected chi connectivity index (χ2v) is 8.44. The number of nitrogens with one attached hydrogen (secondary N) is 2. The van der Waals surface area contributed by atoms with E-state index in [1.54, 1.807) is 6.07 Å². The van der Waals surface area contributed by atoms with E-state index in [1.165, 1.54) is 0 Å². The van der Waals surface area contributed by atoms with Crippen LogP contribution in [0.15, 0.2) is 22.7 Å². The lowest BCUT2D eigenvalue weighted by molar-refractivity contribution is -0.258. The Bertz CT molecular complexity index is 883. The first-order chi connectivity index (χ1) is 13.1. The highest BCUT2D eigenvalue weighted by Crippen LogP contribution is 2.42. The molecule has 6 nitrogen and oxygen atoms in total. The van der Waals surface area contributed by atoms with E-state index in [2.05, 4.69) is 15.8 Å². The molecule has 11 heteroatoms. The number of hydrogen-bond donors (Lipinski definition) is 3. The molecule has 0 spiro atoms. The Kier molecular flexibility index (Phi) is 6.46. The molecule has 0 aliphatic rings. The number of urea groups is 1. The van der Waals surface area contributed by atoms with Crippen LogP contribution in [-0.4, -0.2) is 22.5 Å². The van der Waals surface area contributed by atoms with Gasteiger partial charge in [-0.3, -0.25) is 0 Å². The Balaban J connectivity index is 2.10. The summed E-state index contributed by atoms with van der Waals surface area (Å²) in [7, 11) is 0. The van der Waals surface area contributed by atoms with Crippen LogP contribution in [-0.2, 0) is 17.6 Å². The summed E-state index contributed by atoms with van der Waals surface area (Å²) in [6.07, 6.45) is -4.94. The van der Waals surface area contributed by atoms with Gasteiger partial charge >= 0.3 is 12.2 Å². The highest BCUT2D eigenvalue weighted by Gasteiger charge is 2.51. The molecule has 1 atom stereocenters. The lowest BCUT2D eigenvalue weighted by Gasteiger charge is -2.27. The van der Waals surface area contributed by atoms with Crippen LogP contribution in [0.3, 0.4) is 0 Å². The second-order valence-electron chi connectivity index (χ2n) is 7.63. The Hall–Kier alpha value is -1.97. The third-order valence-electron chi connectivity index (χ3n) is 4.12. The Morgan fingerprint density at radius 1 is 1.14 bits per heavy atom. The van der Waals surface area contributed by atoms with Crippen LogP contribution < -0.4 is 10.6 Å². The molecule has 1 aromatic heterocycles. The molecule has 29 heavy (non-hydrogen) atoms. The number of carbonyl (C=O) groups excluding carboxylic acids is 1. The maximum absolute atomic E-state index is 13.0. The van der Waals surface area contributed by atoms with Crippen molar-refractivity contribution in [3.8, 4) is 0 Å². The van der Waals surface area contributed by atoms with Crippen molar-refractivity contribution >= 4 is 34.9 Å². The van der Waals surface area contributed by atoms with Crippen LogP contribution in [0.2, 0.25) is 10.0 Å². The lowest BCUT2D eigenvalue weighted by Crippen LogP contribution is -2.39. The van der Waals surface area contributed by atoms with Crippen LogP contribution in [0.1, 0.15) is 44.7 Å². The molecule has 0 bridgehead atoms. The monoisotopic (exact) mass is 453 g/mol. The van der Waals surface area contributed by atoms with Crippen molar-refractivity contribution in [2.24, 2.45) is 0 Å². The molecule has 2 aromatic rings. The number of rotatable bonds is 4. The standard InChI is InChI=1S/C18H20Cl2F3N3O3/c1-16(2,3)13-7-10(26-29-13)8-24-15(27)25-14-11(19)5-9(6-12(14)20)17(4,28)18(21,22)23/h5-7,28H,8H2,1-4H3,(H2,24,25,27). The summed E-state index contributed by atoms with van der Waals surface area (Å²) in [5.74, 6) is 0.646. The topological polar surface area (TPSA) is 87.4 Å². The maximum atomic E-state index is 13.0. The van der Waals surface area contributed by atoms with Crippen molar-refractivity contribution in [2.75, 3.05) is 5.32 Å². The normalized spacial score (nSPS) is 14.4. The summed E-state index contributed by atoms with van der Waals surface area (Å²) in [4.78, 5) is 12.1. The van der Waals surface area contributed by atoms with Crippen molar-refractivity contribution < 1.29 is 27.6 Å². The Labute approximate surface area is 175 Å². The van der Waals surface area contributed by atoms with Gasteiger partial charge in [0, 0.05) is 11.5 Å². The number of aliphatic hydroxyl groups is 1. The van der Waals surface area contributed by atoms with Crippen LogP contribution in [0.25, 0.3) is 0 Å². The first kappa shape index (κ1) is 23.3. The number of hydrogen-bond acceptors (Lipinski definition) is 4. The SMILES string of the molecule is CC(C)(C)c1cc(CNC(=O)Nc2c(Cl)cc(C(C)(O)C(F)(F)F)cc2Cl)no1. The van der Waals surface area contributed by atoms with Crippen molar-refractivity contribution in [1.29, 1.82) is 0 Å². The van der Waals surface area contributed by atoms with Gasteiger partial charge < -0.3 is 20.3 Å². The molecule has 0 fully saturated rings. The molecule has 1 unspecified atom stereocenters. The van der Waals surface area contributed by atoms with Crippen LogP contribution in [0, 0.1) is 0 Å². The average molecular weight is 454 g/mol. The van der Waals surface area contributed by atoms with Gasteiger partial charge in [-0.2, -0.15) is 13.2 Å². The number of anilines is 1. The second kappa shape index (κ2) is 8.04. The zero-order valence-corrected chi connectivity index (χ0v) is 17.6. The Morgan fingerprint density at radius 2 is 1.69 bits per heavy atom. The van der Waals surface area contributed by atoms with Gasteiger partial charge in [-0.1, -0.05) is 49.1 Å². The smallest absolute Gasteiger partial charge is 0.376 e. The van der Waals surface area contributed by atoms with E-state index in [0.717, 1.165) is 12.1 Å². The molecule has 2 amide bonds. The molecule has 0 saturated carbocycles. The summed E-state index contributed by atoms with van der Waals surface area (Å²) in [6.45, 7) is 6.46. The van der Waals surface area contributed by atoms with Gasteiger partial charge in [0.1, 0.15) is 11.5 Å². The molecule has 1 heterocycles. The van der Waals surface area contributed by atoms with Crippen molar-refractivity contribution in [3.05, 3.63) is 45.3 Å². The fraction of sp³-hybridized carbons (Fsp3) is 0.444. The van der Waals surface area contributed by atoms with Gasteiger partial charge in [-0.25, -0.2) is 4.79 Å². The minimum Gasteiger partial charge on any atom is -0.376 e. The molecular weight excluding hydrogens is 434 g/mol. The van der Waals surface area contributed by atoms with Gasteiger partial charge in [-0.05, 0) is 24.6 Å². The summed E-state index contributed by atoms with van der Waals surface area (Å²) in [6, 6.07) is 2.78. The highest BCUT2D eigenvalue weighted by molar-refractivity contribution is 6.39. The molecular formula is C18H20Cl2F3N3O3. The number of aromatic nitrogens is 1. The number of alkyl halides is 3. The largest absolute Gasteiger partial charge is 0.421 e. The van der Waals surface area contributed by atoms with Crippen molar-refractivity contribution in [1.82, 2.24) is 10.5 Å². The summed E-state index contributed by atoms with van der Waals surface area (Å²) in [5, 5.41) is 18.0. The zero-order chi connectivity index (χ0) is 22.2. The van der Waals surface area contributed by atoms with Crippen LogP contribution in [0.5, 0.6) is 0 Å². The fourth-order valence-electron chi connectivity index (χ4n) is 2.21. The first-order valence-electron chi connectivity index (χ1n) is 8.42. The average Bonchev–Trinajstić information content (AvgIpc) is 3.04. The molecule has 0 radical (unpaired) electrons. The highest BCUT2D eigenvalue weighted by atomic mass is 35.5. The van der Waals surface area contributed by atoms with E-state index < -0.39 is 23.4 Å². The molecule has 3 N–H and O–H groups in total. The number of nitrogens with zero attached hydrogens (tertiary/aromatic N) is 1. The number of halogens is 5. The summed E-state index contributed by atoms with van der Waals surface area (Å²) in [5.41, 5.74) is -3.56. The summed E-state index contributed by atoms with van der Waals surface area (Å²) < 4.78 is 44.2. The van der Waals surface area contributed by atoms with Crippen LogP contribution in [0.4, 0.5) is 23.7 Å². The number of carbonyl (C=O) groups is 1. The lowest BCUT2D eigenvalue weighted by atomic mass is 9.93. The molecule has 1 aromatic carbocycles. The zero-order valence-electron chi connectivity index (χ0n) is 16.0. The molecule has 0 aliphatic heterocycles. The Morgan fingerprint density at radius 3 is 2.14 bits per heavy atom. The van der Waals surface area contributed by atoms with E-state index >= 15 is 0 Å². The van der Waals surface area contributed by atoms with Gasteiger partial charge in [0.05, 0.1) is 22.3 Å². The molecule has 2 rings (SSSR count). The third kappa shape index (κ3) is 5.34. The number of benzene rings is 1.